The van der Waals surface area contributed by atoms with E-state index in [9.17, 15) is 14.4 Å². The Morgan fingerprint density at radius 3 is 1.74 bits per heavy atom. The molecule has 3 amide bonds. The second-order valence-electron chi connectivity index (χ2n) is 10.5. The van der Waals surface area contributed by atoms with Crippen LogP contribution in [-0.2, 0) is 20.9 Å². The Balaban J connectivity index is 1.45. The van der Waals surface area contributed by atoms with Gasteiger partial charge in [0.1, 0.15) is 12.6 Å². The van der Waals surface area contributed by atoms with Crippen LogP contribution in [0.4, 0.5) is 4.79 Å². The van der Waals surface area contributed by atoms with E-state index in [0.717, 1.165) is 22.3 Å². The van der Waals surface area contributed by atoms with Crippen LogP contribution in [0, 0.1) is 0 Å². The Morgan fingerprint density at radius 2 is 1.21 bits per heavy atom. The quantitative estimate of drug-likeness (QED) is 0.185. The summed E-state index contributed by atoms with van der Waals surface area (Å²) in [5.41, 5.74) is 3.57. The number of nitrogens with zero attached hydrogens (tertiary/aromatic N) is 1. The molecular weight excluding hydrogens is 538 g/mol. The lowest BCUT2D eigenvalue weighted by molar-refractivity contribution is -0.137. The highest BCUT2D eigenvalue weighted by atomic mass is 16.5. The number of likely N-dealkylation sites (N-methyl/N-ethyl adjacent to an activating group) is 1. The Kier molecular flexibility index (Phi) is 11.5. The van der Waals surface area contributed by atoms with Crippen molar-refractivity contribution in [3.05, 3.63) is 144 Å². The SMILES string of the molecule is C[C@H](c1ccccc1)N(C)C(=O)[C@@H](CCCNC(=O)OCc1ccccc1)NC(=O)C(c1ccccc1)c1ccccc1. The van der Waals surface area contributed by atoms with E-state index in [1.54, 1.807) is 11.9 Å². The van der Waals surface area contributed by atoms with E-state index in [1.165, 1.54) is 0 Å². The lowest BCUT2D eigenvalue weighted by Gasteiger charge is -2.31. The van der Waals surface area contributed by atoms with Gasteiger partial charge in [-0.3, -0.25) is 9.59 Å². The molecule has 7 nitrogen and oxygen atoms in total. The van der Waals surface area contributed by atoms with Crippen molar-refractivity contribution in [1.29, 1.82) is 0 Å². The predicted molar refractivity (Wildman–Crippen MR) is 168 cm³/mol. The second-order valence-corrected chi connectivity index (χ2v) is 10.5. The zero-order chi connectivity index (χ0) is 30.4. The summed E-state index contributed by atoms with van der Waals surface area (Å²) in [7, 11) is 1.75. The largest absolute Gasteiger partial charge is 0.445 e. The molecule has 0 bridgehead atoms. The number of benzene rings is 4. The van der Waals surface area contributed by atoms with E-state index in [1.807, 2.05) is 128 Å². The number of ether oxygens (including phenoxy) is 1. The zero-order valence-corrected chi connectivity index (χ0v) is 24.7. The summed E-state index contributed by atoms with van der Waals surface area (Å²) in [5.74, 6) is -1.04. The van der Waals surface area contributed by atoms with Crippen LogP contribution in [0.1, 0.15) is 54.0 Å². The van der Waals surface area contributed by atoms with Crippen molar-refractivity contribution in [2.45, 2.75) is 44.4 Å². The second kappa shape index (κ2) is 15.9. The molecular formula is C36H39N3O4. The third-order valence-corrected chi connectivity index (χ3v) is 7.50. The first-order valence-electron chi connectivity index (χ1n) is 14.6. The molecule has 0 aliphatic carbocycles. The summed E-state index contributed by atoms with van der Waals surface area (Å²) < 4.78 is 5.30. The summed E-state index contributed by atoms with van der Waals surface area (Å²) in [6.45, 7) is 2.44. The molecule has 4 aromatic rings. The molecule has 0 unspecified atom stereocenters. The molecule has 0 radical (unpaired) electrons. The summed E-state index contributed by atoms with van der Waals surface area (Å²) in [6.07, 6.45) is 0.274. The van der Waals surface area contributed by atoms with E-state index in [-0.39, 0.29) is 24.5 Å². The van der Waals surface area contributed by atoms with Gasteiger partial charge in [0.2, 0.25) is 11.8 Å². The maximum atomic E-state index is 13.9. The number of alkyl carbamates (subject to hydrolysis) is 1. The molecule has 4 rings (SSSR count). The minimum Gasteiger partial charge on any atom is -0.445 e. The predicted octanol–water partition coefficient (Wildman–Crippen LogP) is 6.23. The van der Waals surface area contributed by atoms with Crippen molar-refractivity contribution in [2.24, 2.45) is 0 Å². The molecule has 2 atom stereocenters. The molecule has 0 saturated heterocycles. The molecule has 7 heteroatoms. The number of hydrogen-bond acceptors (Lipinski definition) is 4. The Labute approximate surface area is 253 Å². The van der Waals surface area contributed by atoms with Crippen LogP contribution in [0.5, 0.6) is 0 Å². The zero-order valence-electron chi connectivity index (χ0n) is 24.7. The molecule has 222 valence electrons. The fourth-order valence-electron chi connectivity index (χ4n) is 4.96. The topological polar surface area (TPSA) is 87.7 Å². The van der Waals surface area contributed by atoms with Gasteiger partial charge in [0.05, 0.1) is 12.0 Å². The van der Waals surface area contributed by atoms with Gasteiger partial charge in [-0.2, -0.15) is 0 Å². The summed E-state index contributed by atoms with van der Waals surface area (Å²) in [6, 6.07) is 37.3. The average molecular weight is 578 g/mol. The van der Waals surface area contributed by atoms with Crippen LogP contribution >= 0.6 is 0 Å². The standard InChI is InChI=1S/C36H39N3O4/c1-27(29-18-9-4-10-19-29)39(2)35(41)32(24-15-25-37-36(42)43-26-28-16-7-3-8-17-28)38-34(40)33(30-20-11-5-12-21-30)31-22-13-6-14-23-31/h3-14,16-23,27,32-33H,15,24-26H2,1-2H3,(H,37,42)(H,38,40)/t27-,32-/m1/s1. The highest BCUT2D eigenvalue weighted by Gasteiger charge is 2.30. The molecule has 0 aliphatic heterocycles. The Bertz CT molecular complexity index is 1390. The third-order valence-electron chi connectivity index (χ3n) is 7.50. The van der Waals surface area contributed by atoms with Crippen LogP contribution < -0.4 is 10.6 Å². The van der Waals surface area contributed by atoms with Gasteiger partial charge in [0.25, 0.3) is 0 Å². The molecule has 0 spiro atoms. The summed E-state index contributed by atoms with van der Waals surface area (Å²) in [4.78, 5) is 41.7. The number of nitrogens with one attached hydrogen (secondary N) is 2. The van der Waals surface area contributed by atoms with Crippen LogP contribution in [0.25, 0.3) is 0 Å². The van der Waals surface area contributed by atoms with Crippen molar-refractivity contribution < 1.29 is 19.1 Å². The molecule has 43 heavy (non-hydrogen) atoms. The smallest absolute Gasteiger partial charge is 0.407 e. The molecule has 0 heterocycles. The van der Waals surface area contributed by atoms with Gasteiger partial charge in [-0.1, -0.05) is 121 Å². The van der Waals surface area contributed by atoms with Crippen LogP contribution in [0.2, 0.25) is 0 Å². The number of hydrogen-bond donors (Lipinski definition) is 2. The van der Waals surface area contributed by atoms with Gasteiger partial charge in [-0.15, -0.1) is 0 Å². The first-order chi connectivity index (χ1) is 20.9. The number of rotatable bonds is 13. The van der Waals surface area contributed by atoms with Crippen LogP contribution in [0.3, 0.4) is 0 Å². The maximum Gasteiger partial charge on any atom is 0.407 e. The normalized spacial score (nSPS) is 12.2. The first kappa shape index (κ1) is 31.0. The monoisotopic (exact) mass is 577 g/mol. The lowest BCUT2D eigenvalue weighted by atomic mass is 9.90. The molecule has 0 aliphatic rings. The lowest BCUT2D eigenvalue weighted by Crippen LogP contribution is -2.49. The van der Waals surface area contributed by atoms with Gasteiger partial charge < -0.3 is 20.3 Å². The van der Waals surface area contributed by atoms with Gasteiger partial charge in [-0.25, -0.2) is 4.79 Å². The van der Waals surface area contributed by atoms with Crippen LogP contribution in [-0.4, -0.2) is 42.4 Å². The minimum atomic E-state index is -0.791. The number of carbonyl (C=O) groups is 3. The fraction of sp³-hybridized carbons (Fsp3) is 0.250. The third kappa shape index (κ3) is 9.04. The summed E-state index contributed by atoms with van der Waals surface area (Å²) in [5, 5.41) is 5.82. The molecule has 4 aromatic carbocycles. The molecule has 0 saturated carbocycles. The average Bonchev–Trinajstić information content (AvgIpc) is 3.06. The van der Waals surface area contributed by atoms with Gasteiger partial charge in [0, 0.05) is 13.6 Å². The van der Waals surface area contributed by atoms with Crippen molar-refractivity contribution in [3.63, 3.8) is 0 Å². The van der Waals surface area contributed by atoms with Crippen molar-refractivity contribution >= 4 is 17.9 Å². The number of carbonyl (C=O) groups excluding carboxylic acids is 3. The van der Waals surface area contributed by atoms with E-state index < -0.39 is 18.1 Å². The van der Waals surface area contributed by atoms with Crippen molar-refractivity contribution in [1.82, 2.24) is 15.5 Å². The van der Waals surface area contributed by atoms with Gasteiger partial charge >= 0.3 is 6.09 Å². The van der Waals surface area contributed by atoms with Crippen molar-refractivity contribution in [3.8, 4) is 0 Å². The molecule has 2 N–H and O–H groups in total. The first-order valence-corrected chi connectivity index (χ1v) is 14.6. The van der Waals surface area contributed by atoms with E-state index in [4.69, 9.17) is 4.74 Å². The highest BCUT2D eigenvalue weighted by molar-refractivity contribution is 5.92. The minimum absolute atomic E-state index is 0.173. The van der Waals surface area contributed by atoms with Gasteiger partial charge in [-0.05, 0) is 42.0 Å². The van der Waals surface area contributed by atoms with E-state index in [2.05, 4.69) is 10.6 Å². The fourth-order valence-corrected chi connectivity index (χ4v) is 4.96. The Hall–Kier alpha value is -4.91. The van der Waals surface area contributed by atoms with Crippen molar-refractivity contribution in [2.75, 3.05) is 13.6 Å². The van der Waals surface area contributed by atoms with Crippen LogP contribution in [0.15, 0.2) is 121 Å². The molecule has 0 fully saturated rings. The Morgan fingerprint density at radius 1 is 0.721 bits per heavy atom. The van der Waals surface area contributed by atoms with Gasteiger partial charge in [0.15, 0.2) is 0 Å². The molecule has 0 aromatic heterocycles. The highest BCUT2D eigenvalue weighted by Crippen LogP contribution is 2.26. The van der Waals surface area contributed by atoms with E-state index >= 15 is 0 Å². The van der Waals surface area contributed by atoms with E-state index in [0.29, 0.717) is 19.4 Å². The summed E-state index contributed by atoms with van der Waals surface area (Å²) >= 11 is 0. The number of amides is 3. The maximum absolute atomic E-state index is 13.9.